The van der Waals surface area contributed by atoms with E-state index in [2.05, 4.69) is 103 Å². The lowest BCUT2D eigenvalue weighted by atomic mass is 9.82. The number of hydrogen-bond donors (Lipinski definition) is 0. The molecule has 3 aromatic heterocycles. The highest BCUT2D eigenvalue weighted by atomic mass is 16.3. The zero-order chi connectivity index (χ0) is 35.3. The molecule has 5 heteroatoms. The van der Waals surface area contributed by atoms with Gasteiger partial charge in [-0.1, -0.05) is 123 Å². The third-order valence-electron chi connectivity index (χ3n) is 11.3. The van der Waals surface area contributed by atoms with Crippen molar-refractivity contribution in [3.63, 3.8) is 0 Å². The molecular weight excluding hydrogens is 649 g/mol. The minimum atomic E-state index is -0.101. The van der Waals surface area contributed by atoms with E-state index in [1.165, 1.54) is 33.0 Å². The van der Waals surface area contributed by atoms with Crippen LogP contribution in [0.4, 0.5) is 0 Å². The molecule has 0 bridgehead atoms. The van der Waals surface area contributed by atoms with Crippen LogP contribution in [0.5, 0.6) is 0 Å². The number of rotatable bonds is 4. The Morgan fingerprint density at radius 2 is 1.19 bits per heavy atom. The van der Waals surface area contributed by atoms with E-state index in [1.807, 2.05) is 60.7 Å². The van der Waals surface area contributed by atoms with Crippen LogP contribution in [0.3, 0.4) is 0 Å². The zero-order valence-electron chi connectivity index (χ0n) is 29.5. The lowest BCUT2D eigenvalue weighted by Gasteiger charge is -2.21. The molecule has 2 aliphatic rings. The Balaban J connectivity index is 1.25. The Hall–Kier alpha value is -6.59. The van der Waals surface area contributed by atoms with Gasteiger partial charge < -0.3 is 8.98 Å². The highest BCUT2D eigenvalue weighted by molar-refractivity contribution is 6.12. The molecule has 0 atom stereocenters. The molecule has 5 nitrogen and oxygen atoms in total. The molecule has 0 unspecified atom stereocenters. The second kappa shape index (κ2) is 11.2. The molecule has 0 saturated heterocycles. The van der Waals surface area contributed by atoms with E-state index in [-0.39, 0.29) is 5.41 Å². The third kappa shape index (κ3) is 4.47. The Kier molecular flexibility index (Phi) is 6.36. The van der Waals surface area contributed by atoms with Gasteiger partial charge in [0.05, 0.1) is 22.1 Å². The Bertz CT molecular complexity index is 3020. The molecule has 0 fully saturated rings. The predicted octanol–water partition coefficient (Wildman–Crippen LogP) is 10.4. The van der Waals surface area contributed by atoms with E-state index in [1.54, 1.807) is 0 Å². The number of furan rings is 1. The fraction of sp³-hybridized carbons (Fsp3) is 0.104. The van der Waals surface area contributed by atoms with Crippen molar-refractivity contribution in [2.24, 2.45) is 0 Å². The smallest absolute Gasteiger partial charge is 0.164 e. The summed E-state index contributed by atoms with van der Waals surface area (Å²) in [5.74, 6) is 1.86. The monoisotopic (exact) mass is 682 g/mol. The minimum Gasteiger partial charge on any atom is -0.456 e. The maximum absolute atomic E-state index is 6.72. The molecule has 3 heterocycles. The maximum Gasteiger partial charge on any atom is 0.164 e. The number of para-hydroxylation sites is 1. The minimum absolute atomic E-state index is 0.101. The first-order valence-corrected chi connectivity index (χ1v) is 18.4. The van der Waals surface area contributed by atoms with Gasteiger partial charge in [-0.25, -0.2) is 15.0 Å². The van der Waals surface area contributed by atoms with E-state index in [4.69, 9.17) is 19.4 Å². The number of fused-ring (bicyclic) bond motifs is 9. The van der Waals surface area contributed by atoms with E-state index in [0.29, 0.717) is 17.5 Å². The third-order valence-corrected chi connectivity index (χ3v) is 11.3. The van der Waals surface area contributed by atoms with Crippen LogP contribution in [0, 0.1) is 0 Å². The van der Waals surface area contributed by atoms with Crippen molar-refractivity contribution in [1.82, 2.24) is 19.5 Å². The van der Waals surface area contributed by atoms with Crippen LogP contribution in [-0.4, -0.2) is 19.5 Å². The molecule has 252 valence electrons. The van der Waals surface area contributed by atoms with Crippen LogP contribution in [0.25, 0.3) is 95.9 Å². The van der Waals surface area contributed by atoms with Crippen LogP contribution < -0.4 is 10.6 Å². The van der Waals surface area contributed by atoms with Gasteiger partial charge in [0.1, 0.15) is 11.0 Å². The molecule has 0 N–H and O–H groups in total. The van der Waals surface area contributed by atoms with Crippen molar-refractivity contribution in [1.29, 1.82) is 0 Å². The SMILES string of the molecule is CC1(C)c2ccccc2-c2cc3c(cc21)c1ccccc1n3-c1cc(-c2nc(-c3ccccc3)nc(-c3ccccc3)n2)cc2oc3c(c12)=CCCC=3. The number of nitrogens with zero attached hydrogens (tertiary/aromatic N) is 4. The summed E-state index contributed by atoms with van der Waals surface area (Å²) in [7, 11) is 0. The highest BCUT2D eigenvalue weighted by Gasteiger charge is 2.36. The number of aromatic nitrogens is 4. The van der Waals surface area contributed by atoms with Gasteiger partial charge in [0.25, 0.3) is 0 Å². The van der Waals surface area contributed by atoms with Crippen molar-refractivity contribution in [2.45, 2.75) is 32.1 Å². The van der Waals surface area contributed by atoms with Gasteiger partial charge in [0.15, 0.2) is 17.5 Å². The second-order valence-electron chi connectivity index (χ2n) is 14.7. The molecule has 53 heavy (non-hydrogen) atoms. The van der Waals surface area contributed by atoms with Crippen LogP contribution in [0.2, 0.25) is 0 Å². The van der Waals surface area contributed by atoms with Gasteiger partial charge in [0, 0.05) is 38.1 Å². The lowest BCUT2D eigenvalue weighted by molar-refractivity contribution is 0.572. The van der Waals surface area contributed by atoms with Crippen LogP contribution in [-0.2, 0) is 5.41 Å². The summed E-state index contributed by atoms with van der Waals surface area (Å²) in [6.45, 7) is 4.70. The fourth-order valence-corrected chi connectivity index (χ4v) is 8.71. The molecule has 9 aromatic rings. The van der Waals surface area contributed by atoms with Gasteiger partial charge in [0.2, 0.25) is 0 Å². The first-order chi connectivity index (χ1) is 26.0. The number of hydrogen-bond acceptors (Lipinski definition) is 4. The standard InChI is InChI=1S/C48H34N4O/c1-48(2)37-22-12-9-19-32(37)35-28-40-36(27-38(35)48)33-20-10-13-23-39(33)52(40)41-25-31(26-43-44(41)34-21-11-14-24-42(34)53-43)47-50-45(29-15-5-3-6-16-29)49-46(51-47)30-17-7-4-8-18-30/h3-10,12-13,15-28H,11,14H2,1-2H3. The van der Waals surface area contributed by atoms with Gasteiger partial charge in [-0.3, -0.25) is 0 Å². The van der Waals surface area contributed by atoms with Crippen LogP contribution >= 0.6 is 0 Å². The van der Waals surface area contributed by atoms with Crippen molar-refractivity contribution in [3.8, 4) is 51.0 Å². The summed E-state index contributed by atoms with van der Waals surface area (Å²) >= 11 is 0. The van der Waals surface area contributed by atoms with Gasteiger partial charge in [-0.15, -0.1) is 0 Å². The van der Waals surface area contributed by atoms with E-state index in [0.717, 1.165) is 67.9 Å². The van der Waals surface area contributed by atoms with Crippen LogP contribution in [0.1, 0.15) is 37.8 Å². The summed E-state index contributed by atoms with van der Waals surface area (Å²) < 4.78 is 9.17. The average Bonchev–Trinajstić information content (AvgIpc) is 3.83. The molecule has 2 aliphatic carbocycles. The molecule has 0 amide bonds. The fourth-order valence-electron chi connectivity index (χ4n) is 8.71. The first kappa shape index (κ1) is 30.1. The number of benzene rings is 6. The molecule has 6 aromatic carbocycles. The maximum atomic E-state index is 6.72. The highest BCUT2D eigenvalue weighted by Crippen LogP contribution is 2.51. The van der Waals surface area contributed by atoms with Gasteiger partial charge in [-0.05, 0) is 71.5 Å². The molecule has 0 aliphatic heterocycles. The van der Waals surface area contributed by atoms with Crippen molar-refractivity contribution < 1.29 is 4.42 Å². The average molecular weight is 683 g/mol. The molecule has 0 saturated carbocycles. The summed E-state index contributed by atoms with van der Waals surface area (Å²) in [5.41, 5.74) is 13.1. The summed E-state index contributed by atoms with van der Waals surface area (Å²) in [5, 5.41) is 4.71. The van der Waals surface area contributed by atoms with Crippen LogP contribution in [0.15, 0.2) is 138 Å². The van der Waals surface area contributed by atoms with Gasteiger partial charge in [-0.2, -0.15) is 0 Å². The topological polar surface area (TPSA) is 56.7 Å². The zero-order valence-corrected chi connectivity index (χ0v) is 29.5. The quantitative estimate of drug-likeness (QED) is 0.185. The molecule has 0 spiro atoms. The Morgan fingerprint density at radius 1 is 0.547 bits per heavy atom. The lowest BCUT2D eigenvalue weighted by Crippen LogP contribution is -2.23. The van der Waals surface area contributed by atoms with E-state index >= 15 is 0 Å². The van der Waals surface area contributed by atoms with E-state index in [9.17, 15) is 0 Å². The van der Waals surface area contributed by atoms with Crippen molar-refractivity contribution >= 4 is 44.9 Å². The summed E-state index contributed by atoms with van der Waals surface area (Å²) in [4.78, 5) is 15.2. The van der Waals surface area contributed by atoms with Crippen molar-refractivity contribution in [2.75, 3.05) is 0 Å². The summed E-state index contributed by atoms with van der Waals surface area (Å²) in [6, 6.07) is 47.2. The normalized spacial score (nSPS) is 14.2. The van der Waals surface area contributed by atoms with Crippen molar-refractivity contribution in [3.05, 3.63) is 155 Å². The molecule has 11 rings (SSSR count). The van der Waals surface area contributed by atoms with E-state index < -0.39 is 0 Å². The Labute approximate surface area is 306 Å². The first-order valence-electron chi connectivity index (χ1n) is 18.4. The largest absolute Gasteiger partial charge is 0.456 e. The Morgan fingerprint density at radius 3 is 1.94 bits per heavy atom. The second-order valence-corrected chi connectivity index (χ2v) is 14.7. The molecule has 0 radical (unpaired) electrons. The summed E-state index contributed by atoms with van der Waals surface area (Å²) in [6.07, 6.45) is 6.49. The molecular formula is C48H34N4O. The van der Waals surface area contributed by atoms with Gasteiger partial charge >= 0.3 is 0 Å². The predicted molar refractivity (Wildman–Crippen MR) is 215 cm³/mol.